The fourth-order valence-corrected chi connectivity index (χ4v) is 3.58. The average molecular weight is 383 g/mol. The highest BCUT2D eigenvalue weighted by Gasteiger charge is 2.20. The molecular formula is C20H21N3O3S. The van der Waals surface area contributed by atoms with Crippen molar-refractivity contribution in [1.82, 2.24) is 9.97 Å². The molecule has 0 amide bonds. The lowest BCUT2D eigenvalue weighted by molar-refractivity contribution is 0.103. The second-order valence-electron chi connectivity index (χ2n) is 6.30. The Morgan fingerprint density at radius 1 is 1.04 bits per heavy atom. The molecule has 0 radical (unpaired) electrons. The lowest BCUT2D eigenvalue weighted by Gasteiger charge is -2.09. The molecule has 0 aliphatic rings. The van der Waals surface area contributed by atoms with Crippen molar-refractivity contribution in [2.24, 2.45) is 0 Å². The number of rotatable bonds is 5. The second kappa shape index (κ2) is 7.28. The Kier molecular flexibility index (Phi) is 5.05. The Morgan fingerprint density at radius 2 is 1.67 bits per heavy atom. The van der Waals surface area contributed by atoms with Gasteiger partial charge in [0.15, 0.2) is 21.3 Å². The first kappa shape index (κ1) is 18.7. The number of sulfone groups is 1. The minimum atomic E-state index is -3.35. The molecule has 0 saturated carbocycles. The molecule has 0 saturated heterocycles. The smallest absolute Gasteiger partial charge is 0.215 e. The van der Waals surface area contributed by atoms with Gasteiger partial charge in [-0.3, -0.25) is 4.79 Å². The van der Waals surface area contributed by atoms with Gasteiger partial charge in [0, 0.05) is 12.6 Å². The number of nitrogens with zero attached hydrogens (tertiary/aromatic N) is 2. The number of ketones is 1. The van der Waals surface area contributed by atoms with E-state index in [1.165, 1.54) is 18.3 Å². The number of hydrogen-bond donors (Lipinski definition) is 1. The third kappa shape index (κ3) is 3.73. The fraction of sp³-hybridized carbons (Fsp3) is 0.150. The topological polar surface area (TPSA) is 103 Å². The average Bonchev–Trinajstić information content (AvgIpc) is 2.68. The van der Waals surface area contributed by atoms with Crippen molar-refractivity contribution < 1.29 is 14.6 Å². The summed E-state index contributed by atoms with van der Waals surface area (Å²) < 4.78 is 24.5. The van der Waals surface area contributed by atoms with Crippen molar-refractivity contribution in [3.8, 4) is 11.3 Å². The lowest BCUT2D eigenvalue weighted by atomic mass is 10.1. The summed E-state index contributed by atoms with van der Waals surface area (Å²) in [6, 6.07) is 15.0. The lowest BCUT2D eigenvalue weighted by Crippen LogP contribution is -2.13. The van der Waals surface area contributed by atoms with Crippen molar-refractivity contribution in [3.05, 3.63) is 72.1 Å². The zero-order chi connectivity index (χ0) is 19.6. The van der Waals surface area contributed by atoms with Crippen LogP contribution in [-0.2, 0) is 9.84 Å². The van der Waals surface area contributed by atoms with Crippen molar-refractivity contribution in [1.29, 1.82) is 0 Å². The monoisotopic (exact) mass is 383 g/mol. The van der Waals surface area contributed by atoms with Gasteiger partial charge in [0.25, 0.3) is 0 Å². The molecule has 2 N–H and O–H groups in total. The Bertz CT molecular complexity index is 1080. The van der Waals surface area contributed by atoms with Gasteiger partial charge in [0.2, 0.25) is 5.78 Å². The van der Waals surface area contributed by atoms with E-state index >= 15 is 0 Å². The number of nitrogen functional groups attached to an aromatic ring is 1. The molecule has 1 aromatic heterocycles. The summed E-state index contributed by atoms with van der Waals surface area (Å²) in [6.45, 7) is 3.27. The van der Waals surface area contributed by atoms with Gasteiger partial charge < -0.3 is 5.73 Å². The molecule has 0 aliphatic heterocycles. The van der Waals surface area contributed by atoms with E-state index in [4.69, 9.17) is 5.73 Å². The van der Waals surface area contributed by atoms with E-state index in [1.54, 1.807) is 50.2 Å². The van der Waals surface area contributed by atoms with Crippen molar-refractivity contribution in [3.63, 3.8) is 0 Å². The molecule has 0 aliphatic carbocycles. The normalized spacial score (nSPS) is 11.5. The maximum atomic E-state index is 12.6. The van der Waals surface area contributed by atoms with Crippen LogP contribution in [0.2, 0.25) is 0 Å². The number of nitrogens with two attached hydrogens (primary N) is 1. The Morgan fingerprint density at radius 3 is 2.26 bits per heavy atom. The summed E-state index contributed by atoms with van der Waals surface area (Å²) >= 11 is 0. The molecule has 0 unspecified atom stereocenters. The van der Waals surface area contributed by atoms with E-state index < -0.39 is 15.1 Å². The van der Waals surface area contributed by atoms with Gasteiger partial charge in [0.1, 0.15) is 0 Å². The van der Waals surface area contributed by atoms with Gasteiger partial charge >= 0.3 is 0 Å². The van der Waals surface area contributed by atoms with Gasteiger partial charge in [0.05, 0.1) is 22.0 Å². The highest BCUT2D eigenvalue weighted by atomic mass is 32.2. The van der Waals surface area contributed by atoms with E-state index in [0.717, 1.165) is 0 Å². The van der Waals surface area contributed by atoms with Crippen molar-refractivity contribution in [2.75, 3.05) is 5.73 Å². The zero-order valence-corrected chi connectivity index (χ0v) is 15.8. The highest BCUT2D eigenvalue weighted by Crippen LogP contribution is 2.23. The van der Waals surface area contributed by atoms with Crippen LogP contribution in [0.3, 0.4) is 0 Å². The Hall–Kier alpha value is -3.06. The van der Waals surface area contributed by atoms with Crippen LogP contribution in [0.15, 0.2) is 65.7 Å². The van der Waals surface area contributed by atoms with Crippen LogP contribution in [0.1, 0.15) is 31.3 Å². The van der Waals surface area contributed by atoms with Crippen LogP contribution in [0, 0.1) is 0 Å². The third-order valence-corrected chi connectivity index (χ3v) is 6.32. The van der Waals surface area contributed by atoms with Crippen LogP contribution in [0.5, 0.6) is 0 Å². The first-order chi connectivity index (χ1) is 12.8. The summed E-state index contributed by atoms with van der Waals surface area (Å²) in [5.41, 5.74) is 7.47. The summed E-state index contributed by atoms with van der Waals surface area (Å²) in [6.07, 6.45) is 1.46. The molecule has 3 rings (SSSR count). The number of carbonyl (C=O) groups excluding carboxylic acids is 1. The van der Waals surface area contributed by atoms with Gasteiger partial charge in [-0.25, -0.2) is 18.4 Å². The molecule has 3 aromatic rings. The third-order valence-electron chi connectivity index (χ3n) is 4.15. The minimum Gasteiger partial charge on any atom is -0.382 e. The predicted molar refractivity (Wildman–Crippen MR) is 106 cm³/mol. The second-order valence-corrected chi connectivity index (χ2v) is 8.81. The summed E-state index contributed by atoms with van der Waals surface area (Å²) in [5, 5.41) is -0.505. The SMILES string of the molecule is CC(C)S(=O)(=O)c1ccc(-c2cnc(N)c(C(=O)c3ccccc3)n2)cc1.[HH]. The number of benzene rings is 2. The molecule has 27 heavy (non-hydrogen) atoms. The first-order valence-corrected chi connectivity index (χ1v) is 9.92. The Labute approximate surface area is 159 Å². The van der Waals surface area contributed by atoms with E-state index in [0.29, 0.717) is 16.8 Å². The van der Waals surface area contributed by atoms with Crippen LogP contribution < -0.4 is 5.73 Å². The van der Waals surface area contributed by atoms with E-state index in [1.807, 2.05) is 6.07 Å². The number of hydrogen-bond acceptors (Lipinski definition) is 6. The largest absolute Gasteiger partial charge is 0.382 e. The van der Waals surface area contributed by atoms with Gasteiger partial charge in [-0.1, -0.05) is 42.5 Å². The zero-order valence-electron chi connectivity index (χ0n) is 15.0. The first-order valence-electron chi connectivity index (χ1n) is 8.37. The van der Waals surface area contributed by atoms with Gasteiger partial charge in [-0.15, -0.1) is 0 Å². The van der Waals surface area contributed by atoms with Crippen molar-refractivity contribution >= 4 is 21.4 Å². The van der Waals surface area contributed by atoms with Gasteiger partial charge in [-0.2, -0.15) is 0 Å². The molecule has 0 bridgehead atoms. The van der Waals surface area contributed by atoms with Crippen LogP contribution in [0.4, 0.5) is 5.82 Å². The molecule has 1 heterocycles. The maximum Gasteiger partial charge on any atom is 0.215 e. The summed E-state index contributed by atoms with van der Waals surface area (Å²) in [4.78, 5) is 21.3. The standard InChI is InChI=1S/C20H19N3O3S.H2/c1-13(2)27(25,26)16-10-8-14(9-11-16)17-12-22-20(21)18(23-17)19(24)15-6-4-3-5-7-15;/h3-13H,1-2H3,(H2,21,22);1H. The molecule has 0 atom stereocenters. The molecule has 0 fully saturated rings. The van der Waals surface area contributed by atoms with Crippen molar-refractivity contribution in [2.45, 2.75) is 24.0 Å². The predicted octanol–water partition coefficient (Wildman–Crippen LogP) is 3.38. The van der Waals surface area contributed by atoms with E-state index in [-0.39, 0.29) is 23.6 Å². The summed E-state index contributed by atoms with van der Waals surface area (Å²) in [7, 11) is -3.35. The Balaban J connectivity index is 0.00000280. The molecule has 2 aromatic carbocycles. The minimum absolute atomic E-state index is 0. The fourth-order valence-electron chi connectivity index (χ4n) is 2.52. The summed E-state index contributed by atoms with van der Waals surface area (Å²) in [5.74, 6) is -0.270. The number of carbonyl (C=O) groups is 1. The molecule has 6 nitrogen and oxygen atoms in total. The number of aromatic nitrogens is 2. The van der Waals surface area contributed by atoms with Crippen LogP contribution in [0.25, 0.3) is 11.3 Å². The van der Waals surface area contributed by atoms with E-state index in [9.17, 15) is 13.2 Å². The number of anilines is 1. The quantitative estimate of drug-likeness (QED) is 0.678. The molecule has 140 valence electrons. The van der Waals surface area contributed by atoms with Crippen LogP contribution >= 0.6 is 0 Å². The molecule has 0 spiro atoms. The highest BCUT2D eigenvalue weighted by molar-refractivity contribution is 7.92. The molecule has 7 heteroatoms. The van der Waals surface area contributed by atoms with E-state index in [2.05, 4.69) is 9.97 Å². The molecular weight excluding hydrogens is 362 g/mol. The maximum absolute atomic E-state index is 12.6. The van der Waals surface area contributed by atoms with Crippen LogP contribution in [-0.4, -0.2) is 29.4 Å². The van der Waals surface area contributed by atoms with Gasteiger partial charge in [-0.05, 0) is 26.0 Å².